The van der Waals surface area contributed by atoms with Crippen LogP contribution in [0.2, 0.25) is 0 Å². The molecule has 0 radical (unpaired) electrons. The maximum atomic E-state index is 2.36. The number of aryl methyl sites for hydroxylation is 5. The molecule has 0 fully saturated rings. The van der Waals surface area contributed by atoms with E-state index >= 15 is 0 Å². The summed E-state index contributed by atoms with van der Waals surface area (Å²) >= 11 is 0. The summed E-state index contributed by atoms with van der Waals surface area (Å²) in [6, 6.07) is 81.9. The first-order valence-corrected chi connectivity index (χ1v) is 20.8. The molecule has 9 aromatic carbocycles. The SMILES string of the molecule is C.Cc1ccc(-c2ccc(C)c(-c3ccccc3-c3cc(-c4ccc(N(c5ccccc5)c5ccccc5)cc4)ccc3C)c2)cc1.Cc1ccccc1.Cc1ccccc1. The van der Waals surface area contributed by atoms with E-state index in [0.717, 1.165) is 17.1 Å². The molecule has 0 spiro atoms. The molecule has 0 saturated heterocycles. The van der Waals surface area contributed by atoms with E-state index in [-0.39, 0.29) is 7.43 Å². The Morgan fingerprint density at radius 3 is 0.902 bits per heavy atom. The zero-order valence-corrected chi connectivity index (χ0v) is 35.4. The summed E-state index contributed by atoms with van der Waals surface area (Å²) < 4.78 is 0. The summed E-state index contributed by atoms with van der Waals surface area (Å²) in [5.74, 6) is 0. The van der Waals surface area contributed by atoms with Crippen molar-refractivity contribution in [1.29, 1.82) is 0 Å². The summed E-state index contributed by atoms with van der Waals surface area (Å²) in [6.07, 6.45) is 0. The fourth-order valence-electron chi connectivity index (χ4n) is 7.36. The smallest absolute Gasteiger partial charge is 0.0462 e. The van der Waals surface area contributed by atoms with Crippen molar-refractivity contribution in [3.8, 4) is 44.5 Å². The van der Waals surface area contributed by atoms with E-state index in [0.29, 0.717) is 0 Å². The van der Waals surface area contributed by atoms with Gasteiger partial charge in [0.1, 0.15) is 0 Å². The second-order valence-electron chi connectivity index (χ2n) is 15.3. The van der Waals surface area contributed by atoms with Crippen LogP contribution in [0.5, 0.6) is 0 Å². The van der Waals surface area contributed by atoms with E-state index < -0.39 is 0 Å². The Bertz CT molecular complexity index is 2620. The first-order chi connectivity index (χ1) is 29.3. The van der Waals surface area contributed by atoms with E-state index in [9.17, 15) is 0 Å². The van der Waals surface area contributed by atoms with E-state index in [1.54, 1.807) is 0 Å². The van der Waals surface area contributed by atoms with Crippen molar-refractivity contribution in [3.63, 3.8) is 0 Å². The lowest BCUT2D eigenvalue weighted by Crippen LogP contribution is -2.09. The predicted molar refractivity (Wildman–Crippen MR) is 266 cm³/mol. The molecular formula is C60H57N. The first kappa shape index (κ1) is 43.4. The molecule has 0 heterocycles. The third-order valence-electron chi connectivity index (χ3n) is 10.7. The lowest BCUT2D eigenvalue weighted by molar-refractivity contribution is 1.28. The van der Waals surface area contributed by atoms with Crippen molar-refractivity contribution in [1.82, 2.24) is 0 Å². The molecule has 0 bridgehead atoms. The zero-order chi connectivity index (χ0) is 41.7. The molecule has 0 aliphatic heterocycles. The van der Waals surface area contributed by atoms with E-state index in [1.807, 2.05) is 36.4 Å². The minimum absolute atomic E-state index is 0. The van der Waals surface area contributed by atoms with Gasteiger partial charge in [0.25, 0.3) is 0 Å². The maximum absolute atomic E-state index is 2.36. The zero-order valence-electron chi connectivity index (χ0n) is 35.4. The molecule has 1 nitrogen and oxygen atoms in total. The van der Waals surface area contributed by atoms with E-state index in [4.69, 9.17) is 0 Å². The molecule has 9 rings (SSSR count). The molecule has 302 valence electrons. The summed E-state index contributed by atoms with van der Waals surface area (Å²) in [6.45, 7) is 10.7. The van der Waals surface area contributed by atoms with Crippen molar-refractivity contribution < 1.29 is 0 Å². The highest BCUT2D eigenvalue weighted by atomic mass is 15.1. The van der Waals surface area contributed by atoms with Crippen LogP contribution in [-0.2, 0) is 0 Å². The Balaban J connectivity index is 0.000000351. The van der Waals surface area contributed by atoms with Crippen LogP contribution < -0.4 is 4.90 Å². The fraction of sp³-hybridized carbons (Fsp3) is 0.100. The second-order valence-corrected chi connectivity index (χ2v) is 15.3. The minimum Gasteiger partial charge on any atom is -0.311 e. The van der Waals surface area contributed by atoms with Crippen LogP contribution in [0.4, 0.5) is 17.1 Å². The first-order valence-electron chi connectivity index (χ1n) is 20.8. The monoisotopic (exact) mass is 791 g/mol. The topological polar surface area (TPSA) is 3.24 Å². The number of benzene rings is 9. The highest BCUT2D eigenvalue weighted by Crippen LogP contribution is 2.40. The van der Waals surface area contributed by atoms with Gasteiger partial charge < -0.3 is 4.90 Å². The van der Waals surface area contributed by atoms with Crippen molar-refractivity contribution >= 4 is 17.1 Å². The Morgan fingerprint density at radius 1 is 0.246 bits per heavy atom. The van der Waals surface area contributed by atoms with Crippen LogP contribution in [0.25, 0.3) is 44.5 Å². The van der Waals surface area contributed by atoms with Crippen LogP contribution in [-0.4, -0.2) is 0 Å². The molecule has 0 atom stereocenters. The quantitative estimate of drug-likeness (QED) is 0.155. The van der Waals surface area contributed by atoms with Crippen LogP contribution >= 0.6 is 0 Å². The van der Waals surface area contributed by atoms with Crippen LogP contribution in [0.1, 0.15) is 35.2 Å². The largest absolute Gasteiger partial charge is 0.311 e. The van der Waals surface area contributed by atoms with Gasteiger partial charge in [-0.05, 0) is 139 Å². The third-order valence-corrected chi connectivity index (χ3v) is 10.7. The molecule has 0 amide bonds. The second kappa shape index (κ2) is 21.2. The Labute approximate surface area is 365 Å². The number of hydrogen-bond acceptors (Lipinski definition) is 1. The minimum atomic E-state index is 0. The van der Waals surface area contributed by atoms with Crippen molar-refractivity contribution in [2.75, 3.05) is 4.90 Å². The molecule has 9 aromatic rings. The lowest BCUT2D eigenvalue weighted by atomic mass is 9.87. The number of anilines is 3. The number of nitrogens with zero attached hydrogens (tertiary/aromatic N) is 1. The van der Waals surface area contributed by atoms with Gasteiger partial charge in [0, 0.05) is 17.1 Å². The molecule has 1 heteroatoms. The predicted octanol–water partition coefficient (Wildman–Crippen LogP) is 17.4. The van der Waals surface area contributed by atoms with Crippen LogP contribution in [0, 0.1) is 34.6 Å². The Morgan fingerprint density at radius 2 is 0.541 bits per heavy atom. The summed E-state index contributed by atoms with van der Waals surface area (Å²) in [7, 11) is 0. The van der Waals surface area contributed by atoms with Gasteiger partial charge >= 0.3 is 0 Å². The van der Waals surface area contributed by atoms with Crippen molar-refractivity contribution in [2.24, 2.45) is 0 Å². The lowest BCUT2D eigenvalue weighted by Gasteiger charge is -2.25. The average molecular weight is 792 g/mol. The molecule has 0 aliphatic carbocycles. The van der Waals surface area contributed by atoms with Crippen molar-refractivity contribution in [3.05, 3.63) is 258 Å². The highest BCUT2D eigenvalue weighted by Gasteiger charge is 2.15. The molecule has 0 aliphatic rings. The number of rotatable bonds is 7. The van der Waals surface area contributed by atoms with Gasteiger partial charge in [0.05, 0.1) is 0 Å². The van der Waals surface area contributed by atoms with Gasteiger partial charge in [-0.15, -0.1) is 0 Å². The van der Waals surface area contributed by atoms with Gasteiger partial charge in [-0.1, -0.05) is 206 Å². The maximum Gasteiger partial charge on any atom is 0.0462 e. The number of hydrogen-bond donors (Lipinski definition) is 0. The summed E-state index contributed by atoms with van der Waals surface area (Å²) in [5.41, 5.74) is 19.8. The Hall–Kier alpha value is -7.22. The van der Waals surface area contributed by atoms with E-state index in [2.05, 4.69) is 234 Å². The average Bonchev–Trinajstić information content (AvgIpc) is 3.29. The molecule has 0 saturated carbocycles. The molecule has 0 unspecified atom stereocenters. The van der Waals surface area contributed by atoms with Crippen molar-refractivity contribution in [2.45, 2.75) is 42.0 Å². The van der Waals surface area contributed by atoms with Gasteiger partial charge in [0.15, 0.2) is 0 Å². The molecule has 0 N–H and O–H groups in total. The molecule has 0 aromatic heterocycles. The third kappa shape index (κ3) is 11.3. The fourth-order valence-corrected chi connectivity index (χ4v) is 7.36. The van der Waals surface area contributed by atoms with Crippen LogP contribution in [0.3, 0.4) is 0 Å². The highest BCUT2D eigenvalue weighted by molar-refractivity contribution is 5.89. The summed E-state index contributed by atoms with van der Waals surface area (Å²) in [4.78, 5) is 2.30. The number of para-hydroxylation sites is 2. The van der Waals surface area contributed by atoms with Gasteiger partial charge in [-0.3, -0.25) is 0 Å². The summed E-state index contributed by atoms with van der Waals surface area (Å²) in [5, 5.41) is 0. The normalized spacial score (nSPS) is 10.2. The van der Waals surface area contributed by atoms with Gasteiger partial charge in [-0.2, -0.15) is 0 Å². The van der Waals surface area contributed by atoms with Gasteiger partial charge in [-0.25, -0.2) is 0 Å². The molecule has 61 heavy (non-hydrogen) atoms. The Kier molecular flexibility index (Phi) is 15.0. The standard InChI is InChI=1S/C45H37N.2C7H8.CH4/c1-32-18-22-35(23-19-32)37-24-20-33(2)44(30-37)42-16-10-11-17-43(42)45-31-38(25-21-34(45)3)36-26-28-41(29-27-36)46(39-12-6-4-7-13-39)40-14-8-5-9-15-40;2*1-7-5-3-2-4-6-7;/h4-31H,1-3H3;2*2-6H,1H3;1H4. The van der Waals surface area contributed by atoms with Gasteiger partial charge in [0.2, 0.25) is 0 Å². The molecular weight excluding hydrogens is 735 g/mol. The van der Waals surface area contributed by atoms with Crippen LogP contribution in [0.15, 0.2) is 231 Å². The van der Waals surface area contributed by atoms with E-state index in [1.165, 1.54) is 72.3 Å².